The number of carbonyl (C=O) groups is 2. The maximum Gasteiger partial charge on any atom is 0.265 e. The summed E-state index contributed by atoms with van der Waals surface area (Å²) < 4.78 is 5.71. The van der Waals surface area contributed by atoms with E-state index in [1.807, 2.05) is 62.4 Å². The van der Waals surface area contributed by atoms with Crippen LogP contribution in [-0.4, -0.2) is 34.9 Å². The van der Waals surface area contributed by atoms with E-state index in [2.05, 4.69) is 20.7 Å². The van der Waals surface area contributed by atoms with E-state index in [-0.39, 0.29) is 11.8 Å². The monoisotopic (exact) mass is 469 g/mol. The number of carbonyl (C=O) groups excluding carboxylic acids is 2. The Morgan fingerprint density at radius 3 is 2.29 bits per heavy atom. The summed E-state index contributed by atoms with van der Waals surface area (Å²) in [6.45, 7) is 4.59. The quantitative estimate of drug-likeness (QED) is 0.157. The highest BCUT2D eigenvalue weighted by molar-refractivity contribution is 6.06. The minimum Gasteiger partial charge on any atom is -0.492 e. The van der Waals surface area contributed by atoms with E-state index in [0.29, 0.717) is 35.3 Å². The molecule has 178 valence electrons. The smallest absolute Gasteiger partial charge is 0.265 e. The van der Waals surface area contributed by atoms with E-state index >= 15 is 0 Å². The fraction of sp³-hybridized carbons (Fsp3) is 0.185. The standard InChI is InChI=1S/C27H27N5O3/c1-17(2)26(33)30-13-14-35-21-9-7-19(8-10-21)18-3-5-20(6-4-18)25-15-22(27(34)32-28)23-16-29-12-11-24(23)31-25/h3-12,15-17H,13-14,28H2,1-2H3,(H,30,33)(H,32,34). The van der Waals surface area contributed by atoms with Crippen LogP contribution in [0.4, 0.5) is 0 Å². The molecule has 2 aromatic carbocycles. The number of nitrogens with two attached hydrogens (primary N) is 1. The van der Waals surface area contributed by atoms with Crippen molar-refractivity contribution in [3.8, 4) is 28.1 Å². The summed E-state index contributed by atoms with van der Waals surface area (Å²) in [5, 5.41) is 3.47. The molecule has 0 atom stereocenters. The summed E-state index contributed by atoms with van der Waals surface area (Å²) in [5.74, 6) is 5.69. The number of amides is 2. The van der Waals surface area contributed by atoms with Crippen LogP contribution in [0.1, 0.15) is 24.2 Å². The van der Waals surface area contributed by atoms with Crippen molar-refractivity contribution in [1.82, 2.24) is 20.7 Å². The van der Waals surface area contributed by atoms with Gasteiger partial charge in [-0.15, -0.1) is 0 Å². The number of nitrogen functional groups attached to an aromatic ring is 1. The highest BCUT2D eigenvalue weighted by Gasteiger charge is 2.13. The number of rotatable bonds is 8. The molecule has 0 unspecified atom stereocenters. The Labute approximate surface area is 203 Å². The number of nitrogens with one attached hydrogen (secondary N) is 2. The van der Waals surface area contributed by atoms with Crippen LogP contribution in [0.25, 0.3) is 33.3 Å². The van der Waals surface area contributed by atoms with Crippen molar-refractivity contribution < 1.29 is 14.3 Å². The molecule has 0 bridgehead atoms. The van der Waals surface area contributed by atoms with Gasteiger partial charge in [0.25, 0.3) is 5.91 Å². The van der Waals surface area contributed by atoms with Crippen LogP contribution < -0.4 is 21.3 Å². The number of hydrazine groups is 1. The van der Waals surface area contributed by atoms with E-state index in [4.69, 9.17) is 10.6 Å². The molecule has 0 aliphatic heterocycles. The Morgan fingerprint density at radius 2 is 1.63 bits per heavy atom. The van der Waals surface area contributed by atoms with Crippen LogP contribution in [0.5, 0.6) is 5.75 Å². The number of benzene rings is 2. The molecule has 0 aliphatic carbocycles. The first-order valence-electron chi connectivity index (χ1n) is 11.3. The third-order valence-corrected chi connectivity index (χ3v) is 5.55. The maximum absolute atomic E-state index is 12.3. The van der Waals surface area contributed by atoms with Crippen LogP contribution >= 0.6 is 0 Å². The number of fused-ring (bicyclic) bond motifs is 1. The molecule has 0 fully saturated rings. The summed E-state index contributed by atoms with van der Waals surface area (Å²) in [7, 11) is 0. The van der Waals surface area contributed by atoms with Crippen molar-refractivity contribution in [3.63, 3.8) is 0 Å². The minimum absolute atomic E-state index is 0.0159. The molecule has 4 rings (SSSR count). The average molecular weight is 470 g/mol. The molecule has 4 aromatic rings. The zero-order chi connectivity index (χ0) is 24.8. The first-order valence-corrected chi connectivity index (χ1v) is 11.3. The van der Waals surface area contributed by atoms with Crippen LogP contribution in [0, 0.1) is 5.92 Å². The van der Waals surface area contributed by atoms with Crippen molar-refractivity contribution in [2.24, 2.45) is 11.8 Å². The predicted molar refractivity (Wildman–Crippen MR) is 135 cm³/mol. The second-order valence-corrected chi connectivity index (χ2v) is 8.32. The molecule has 0 spiro atoms. The van der Waals surface area contributed by atoms with Gasteiger partial charge >= 0.3 is 0 Å². The zero-order valence-corrected chi connectivity index (χ0v) is 19.6. The van der Waals surface area contributed by atoms with E-state index in [9.17, 15) is 9.59 Å². The molecule has 2 heterocycles. The fourth-order valence-corrected chi connectivity index (χ4v) is 3.61. The van der Waals surface area contributed by atoms with Gasteiger partial charge in [-0.25, -0.2) is 10.8 Å². The summed E-state index contributed by atoms with van der Waals surface area (Å²) in [6.07, 6.45) is 3.25. The van der Waals surface area contributed by atoms with E-state index in [0.717, 1.165) is 22.4 Å². The lowest BCUT2D eigenvalue weighted by Gasteiger charge is -2.11. The largest absolute Gasteiger partial charge is 0.492 e. The number of hydrogen-bond donors (Lipinski definition) is 3. The minimum atomic E-state index is -0.395. The molecule has 2 amide bonds. The van der Waals surface area contributed by atoms with Gasteiger partial charge in [0.05, 0.1) is 23.3 Å². The number of pyridine rings is 2. The van der Waals surface area contributed by atoms with E-state index < -0.39 is 5.91 Å². The van der Waals surface area contributed by atoms with Crippen molar-refractivity contribution in [1.29, 1.82) is 0 Å². The van der Waals surface area contributed by atoms with Crippen molar-refractivity contribution in [2.75, 3.05) is 13.2 Å². The van der Waals surface area contributed by atoms with Crippen LogP contribution in [0.2, 0.25) is 0 Å². The van der Waals surface area contributed by atoms with Gasteiger partial charge in [0.15, 0.2) is 0 Å². The Balaban J connectivity index is 1.47. The number of hydrogen-bond acceptors (Lipinski definition) is 6. The molecule has 0 saturated heterocycles. The Kier molecular flexibility index (Phi) is 7.32. The van der Waals surface area contributed by atoms with Crippen molar-refractivity contribution in [2.45, 2.75) is 13.8 Å². The third kappa shape index (κ3) is 5.62. The lowest BCUT2D eigenvalue weighted by atomic mass is 10.0. The predicted octanol–water partition coefficient (Wildman–Crippen LogP) is 3.72. The Bertz CT molecular complexity index is 1340. The third-order valence-electron chi connectivity index (χ3n) is 5.55. The van der Waals surface area contributed by atoms with Gasteiger partial charge in [-0.2, -0.15) is 0 Å². The molecule has 0 saturated carbocycles. The van der Waals surface area contributed by atoms with Gasteiger partial charge in [-0.05, 0) is 35.4 Å². The Morgan fingerprint density at radius 1 is 0.971 bits per heavy atom. The lowest BCUT2D eigenvalue weighted by Crippen LogP contribution is -2.31. The van der Waals surface area contributed by atoms with Gasteiger partial charge in [-0.1, -0.05) is 50.2 Å². The van der Waals surface area contributed by atoms with E-state index in [1.54, 1.807) is 24.5 Å². The molecule has 0 aliphatic rings. The number of ether oxygens (including phenoxy) is 1. The molecule has 4 N–H and O–H groups in total. The van der Waals surface area contributed by atoms with Gasteiger partial charge in [0, 0.05) is 29.3 Å². The first-order chi connectivity index (χ1) is 17.0. The topological polar surface area (TPSA) is 119 Å². The fourth-order valence-electron chi connectivity index (χ4n) is 3.61. The van der Waals surface area contributed by atoms with Crippen LogP contribution in [-0.2, 0) is 4.79 Å². The molecule has 2 aromatic heterocycles. The highest BCUT2D eigenvalue weighted by atomic mass is 16.5. The van der Waals surface area contributed by atoms with Gasteiger partial charge in [0.2, 0.25) is 5.91 Å². The van der Waals surface area contributed by atoms with Gasteiger partial charge in [-0.3, -0.25) is 20.0 Å². The van der Waals surface area contributed by atoms with Crippen molar-refractivity contribution in [3.05, 3.63) is 78.6 Å². The highest BCUT2D eigenvalue weighted by Crippen LogP contribution is 2.28. The molecule has 8 nitrogen and oxygen atoms in total. The average Bonchev–Trinajstić information content (AvgIpc) is 2.90. The zero-order valence-electron chi connectivity index (χ0n) is 19.6. The van der Waals surface area contributed by atoms with Gasteiger partial charge < -0.3 is 10.1 Å². The summed E-state index contributed by atoms with van der Waals surface area (Å²) >= 11 is 0. The molecular weight excluding hydrogens is 442 g/mol. The summed E-state index contributed by atoms with van der Waals surface area (Å²) in [6, 6.07) is 19.2. The Hall–Kier alpha value is -4.30. The second kappa shape index (κ2) is 10.8. The van der Waals surface area contributed by atoms with Crippen LogP contribution in [0.15, 0.2) is 73.1 Å². The normalized spacial score (nSPS) is 10.9. The molecular formula is C27H27N5O3. The number of nitrogens with zero attached hydrogens (tertiary/aromatic N) is 2. The summed E-state index contributed by atoms with van der Waals surface area (Å²) in [5.41, 5.74) is 6.90. The van der Waals surface area contributed by atoms with Gasteiger partial charge in [0.1, 0.15) is 12.4 Å². The summed E-state index contributed by atoms with van der Waals surface area (Å²) in [4.78, 5) is 32.7. The molecule has 0 radical (unpaired) electrons. The lowest BCUT2D eigenvalue weighted by molar-refractivity contribution is -0.124. The maximum atomic E-state index is 12.3. The van der Waals surface area contributed by atoms with E-state index in [1.165, 1.54) is 0 Å². The van der Waals surface area contributed by atoms with Crippen LogP contribution in [0.3, 0.4) is 0 Å². The SMILES string of the molecule is CC(C)C(=O)NCCOc1ccc(-c2ccc(-c3cc(C(=O)NN)c4cnccc4n3)cc2)cc1. The molecule has 8 heteroatoms. The second-order valence-electron chi connectivity index (χ2n) is 8.32. The number of aromatic nitrogens is 2. The van der Waals surface area contributed by atoms with Crippen molar-refractivity contribution >= 4 is 22.7 Å². The first kappa shape index (κ1) is 23.8. The molecule has 35 heavy (non-hydrogen) atoms.